The molecule has 0 atom stereocenters. The van der Waals surface area contributed by atoms with Crippen molar-refractivity contribution in [2.24, 2.45) is 0 Å². The van der Waals surface area contributed by atoms with Gasteiger partial charge in [0.15, 0.2) is 0 Å². The first-order valence-electron chi connectivity index (χ1n) is 10.6. The number of aromatic nitrogens is 1. The van der Waals surface area contributed by atoms with Crippen LogP contribution in [0, 0.1) is 6.92 Å². The highest BCUT2D eigenvalue weighted by Crippen LogP contribution is 2.38. The molecule has 0 aliphatic carbocycles. The van der Waals surface area contributed by atoms with Crippen molar-refractivity contribution in [3.63, 3.8) is 0 Å². The number of fused-ring (bicyclic) bond motifs is 7. The highest BCUT2D eigenvalue weighted by atomic mass is 16.3. The molecule has 0 saturated carbocycles. The zero-order valence-electron chi connectivity index (χ0n) is 17.1. The fourth-order valence-corrected chi connectivity index (χ4v) is 5.07. The van der Waals surface area contributed by atoms with Gasteiger partial charge in [0, 0.05) is 27.1 Å². The van der Waals surface area contributed by atoms with Crippen molar-refractivity contribution < 1.29 is 4.42 Å². The van der Waals surface area contributed by atoms with Crippen molar-refractivity contribution in [1.82, 2.24) is 4.57 Å². The first kappa shape index (κ1) is 16.7. The molecule has 7 aromatic rings. The second-order valence-corrected chi connectivity index (χ2v) is 8.25. The third kappa shape index (κ3) is 2.22. The van der Waals surface area contributed by atoms with Gasteiger partial charge in [-0.1, -0.05) is 60.7 Å². The van der Waals surface area contributed by atoms with Crippen LogP contribution in [0.25, 0.3) is 60.2 Å². The summed E-state index contributed by atoms with van der Waals surface area (Å²) in [4.78, 5) is 0. The normalized spacial score (nSPS) is 12.0. The Balaban J connectivity index is 1.65. The van der Waals surface area contributed by atoms with Crippen molar-refractivity contribution in [2.45, 2.75) is 6.92 Å². The van der Waals surface area contributed by atoms with E-state index >= 15 is 0 Å². The molecule has 5 aromatic carbocycles. The Morgan fingerprint density at radius 3 is 2.16 bits per heavy atom. The lowest BCUT2D eigenvalue weighted by Crippen LogP contribution is -1.97. The molecule has 2 heteroatoms. The maximum atomic E-state index is 6.30. The minimum atomic E-state index is 0.936. The Labute approximate surface area is 178 Å². The van der Waals surface area contributed by atoms with Crippen LogP contribution in [0.5, 0.6) is 0 Å². The largest absolute Gasteiger partial charge is 0.456 e. The molecular formula is C29H19NO. The molecule has 2 aromatic heterocycles. The molecule has 0 aliphatic heterocycles. The lowest BCUT2D eigenvalue weighted by atomic mass is 10.1. The Bertz CT molecular complexity index is 1800. The molecule has 0 fully saturated rings. The number of hydrogen-bond acceptors (Lipinski definition) is 1. The van der Waals surface area contributed by atoms with E-state index in [-0.39, 0.29) is 0 Å². The zero-order valence-corrected chi connectivity index (χ0v) is 17.1. The van der Waals surface area contributed by atoms with Crippen molar-refractivity contribution >= 4 is 54.5 Å². The van der Waals surface area contributed by atoms with Crippen LogP contribution in [0.3, 0.4) is 0 Å². The van der Waals surface area contributed by atoms with Crippen molar-refractivity contribution in [2.75, 3.05) is 0 Å². The molecule has 7 rings (SSSR count). The van der Waals surface area contributed by atoms with E-state index in [2.05, 4.69) is 96.4 Å². The number of para-hydroxylation sites is 2. The Hall–Kier alpha value is -4.04. The standard InChI is InChI=1S/C29H19NO/c1-18-25(15-14-23-22-11-5-7-13-28(22)31-29(18)23)30-26-12-6-4-10-21(26)24-16-19-8-2-3-9-20(19)17-27(24)30/h2-17H,1H3. The van der Waals surface area contributed by atoms with Crippen molar-refractivity contribution in [3.05, 3.63) is 103 Å². The molecule has 0 aliphatic rings. The Morgan fingerprint density at radius 1 is 0.581 bits per heavy atom. The SMILES string of the molecule is Cc1c(-n2c3ccccc3c3cc4ccccc4cc32)ccc2c1oc1ccccc12. The molecule has 0 bridgehead atoms. The third-order valence-electron chi connectivity index (χ3n) is 6.55. The molecule has 0 saturated heterocycles. The predicted molar refractivity (Wildman–Crippen MR) is 130 cm³/mol. The number of hydrogen-bond donors (Lipinski definition) is 0. The van der Waals surface area contributed by atoms with Crippen LogP contribution in [0.1, 0.15) is 5.56 Å². The van der Waals surface area contributed by atoms with Gasteiger partial charge in [-0.05, 0) is 54.1 Å². The zero-order chi connectivity index (χ0) is 20.5. The molecule has 2 heterocycles. The van der Waals surface area contributed by atoms with Crippen LogP contribution in [-0.4, -0.2) is 4.57 Å². The summed E-state index contributed by atoms with van der Waals surface area (Å²) in [7, 11) is 0. The fourth-order valence-electron chi connectivity index (χ4n) is 5.07. The Kier molecular flexibility index (Phi) is 3.23. The number of nitrogens with zero attached hydrogens (tertiary/aromatic N) is 1. The van der Waals surface area contributed by atoms with Crippen LogP contribution >= 0.6 is 0 Å². The lowest BCUT2D eigenvalue weighted by molar-refractivity contribution is 0.665. The summed E-state index contributed by atoms with van der Waals surface area (Å²) in [6, 6.07) is 34.6. The lowest BCUT2D eigenvalue weighted by Gasteiger charge is -2.12. The number of aryl methyl sites for hydroxylation is 1. The molecule has 146 valence electrons. The predicted octanol–water partition coefficient (Wildman–Crippen LogP) is 8.14. The van der Waals surface area contributed by atoms with E-state index in [0.29, 0.717) is 0 Å². The molecular weight excluding hydrogens is 378 g/mol. The van der Waals surface area contributed by atoms with E-state index in [4.69, 9.17) is 4.42 Å². The molecule has 2 nitrogen and oxygen atoms in total. The summed E-state index contributed by atoms with van der Waals surface area (Å²) < 4.78 is 8.69. The third-order valence-corrected chi connectivity index (χ3v) is 6.55. The fraction of sp³-hybridized carbons (Fsp3) is 0.0345. The number of furan rings is 1. The van der Waals surface area contributed by atoms with Gasteiger partial charge in [-0.2, -0.15) is 0 Å². The minimum Gasteiger partial charge on any atom is -0.456 e. The summed E-state index contributed by atoms with van der Waals surface area (Å²) >= 11 is 0. The highest BCUT2D eigenvalue weighted by Gasteiger charge is 2.17. The summed E-state index contributed by atoms with van der Waals surface area (Å²) in [5.74, 6) is 0. The van der Waals surface area contributed by atoms with Gasteiger partial charge < -0.3 is 8.98 Å². The average molecular weight is 397 g/mol. The van der Waals surface area contributed by atoms with E-state index in [1.54, 1.807) is 0 Å². The van der Waals surface area contributed by atoms with Gasteiger partial charge in [0.2, 0.25) is 0 Å². The smallest absolute Gasteiger partial charge is 0.140 e. The monoisotopic (exact) mass is 397 g/mol. The first-order valence-corrected chi connectivity index (χ1v) is 10.6. The quantitative estimate of drug-likeness (QED) is 0.273. The summed E-state index contributed by atoms with van der Waals surface area (Å²) in [6.07, 6.45) is 0. The maximum absolute atomic E-state index is 6.30. The van der Waals surface area contributed by atoms with Crippen LogP contribution in [0.4, 0.5) is 0 Å². The van der Waals surface area contributed by atoms with E-state index in [1.165, 1.54) is 43.4 Å². The van der Waals surface area contributed by atoms with Crippen molar-refractivity contribution in [3.8, 4) is 5.69 Å². The summed E-state index contributed by atoms with van der Waals surface area (Å²) in [5, 5.41) is 7.40. The second-order valence-electron chi connectivity index (χ2n) is 8.25. The van der Waals surface area contributed by atoms with Gasteiger partial charge in [-0.3, -0.25) is 0 Å². The van der Waals surface area contributed by atoms with Gasteiger partial charge in [-0.15, -0.1) is 0 Å². The highest BCUT2D eigenvalue weighted by molar-refractivity contribution is 6.14. The van der Waals surface area contributed by atoms with Crippen LogP contribution in [-0.2, 0) is 0 Å². The topological polar surface area (TPSA) is 18.1 Å². The van der Waals surface area contributed by atoms with E-state index < -0.39 is 0 Å². The maximum Gasteiger partial charge on any atom is 0.140 e. The Morgan fingerprint density at radius 2 is 1.29 bits per heavy atom. The average Bonchev–Trinajstić information content (AvgIpc) is 3.34. The van der Waals surface area contributed by atoms with Crippen LogP contribution in [0.15, 0.2) is 101 Å². The van der Waals surface area contributed by atoms with Gasteiger partial charge in [0.25, 0.3) is 0 Å². The van der Waals surface area contributed by atoms with Crippen LogP contribution < -0.4 is 0 Å². The van der Waals surface area contributed by atoms with Crippen LogP contribution in [0.2, 0.25) is 0 Å². The summed E-state index contributed by atoms with van der Waals surface area (Å²) in [5.41, 5.74) is 6.65. The summed E-state index contributed by atoms with van der Waals surface area (Å²) in [6.45, 7) is 2.17. The van der Waals surface area contributed by atoms with E-state index in [9.17, 15) is 0 Å². The number of rotatable bonds is 1. The van der Waals surface area contributed by atoms with Gasteiger partial charge in [-0.25, -0.2) is 0 Å². The van der Waals surface area contributed by atoms with E-state index in [0.717, 1.165) is 22.4 Å². The van der Waals surface area contributed by atoms with Gasteiger partial charge in [0.05, 0.1) is 16.7 Å². The molecule has 31 heavy (non-hydrogen) atoms. The molecule has 0 unspecified atom stereocenters. The molecule has 0 radical (unpaired) electrons. The molecule has 0 amide bonds. The molecule has 0 N–H and O–H groups in total. The second kappa shape index (κ2) is 5.99. The van der Waals surface area contributed by atoms with Gasteiger partial charge in [0.1, 0.15) is 11.2 Å². The number of benzene rings is 5. The van der Waals surface area contributed by atoms with Crippen molar-refractivity contribution in [1.29, 1.82) is 0 Å². The molecule has 0 spiro atoms. The van der Waals surface area contributed by atoms with E-state index in [1.807, 2.05) is 12.1 Å². The minimum absolute atomic E-state index is 0.936. The first-order chi connectivity index (χ1) is 15.3. The van der Waals surface area contributed by atoms with Gasteiger partial charge >= 0.3 is 0 Å².